The number of hydrogen-bond acceptors (Lipinski definition) is 2. The molecule has 0 N–H and O–H groups in total. The Morgan fingerprint density at radius 1 is 1.00 bits per heavy atom. The molecule has 2 heteroatoms. The predicted molar refractivity (Wildman–Crippen MR) is 81.1 cm³/mol. The van der Waals surface area contributed by atoms with Gasteiger partial charge in [-0.3, -0.25) is 4.90 Å². The van der Waals surface area contributed by atoms with E-state index >= 15 is 0 Å². The minimum Gasteiger partial charge on any atom is -0.380 e. The minimum absolute atomic E-state index is 0.607. The molecule has 0 amide bonds. The molecule has 0 spiro atoms. The zero-order chi connectivity index (χ0) is 14.0. The lowest BCUT2D eigenvalue weighted by Crippen LogP contribution is -2.39. The summed E-state index contributed by atoms with van der Waals surface area (Å²) in [6.07, 6.45) is 5.21. The van der Waals surface area contributed by atoms with Crippen molar-refractivity contribution in [2.75, 3.05) is 19.8 Å². The van der Waals surface area contributed by atoms with Crippen molar-refractivity contribution in [2.24, 2.45) is 5.92 Å². The third kappa shape index (κ3) is 8.10. The van der Waals surface area contributed by atoms with E-state index in [9.17, 15) is 0 Å². The first-order valence-electron chi connectivity index (χ1n) is 7.86. The zero-order valence-electron chi connectivity index (χ0n) is 13.5. The summed E-state index contributed by atoms with van der Waals surface area (Å²) >= 11 is 0. The Balaban J connectivity index is 3.75. The van der Waals surface area contributed by atoms with Gasteiger partial charge < -0.3 is 4.74 Å². The fraction of sp³-hybridized carbons (Fsp3) is 1.00. The first kappa shape index (κ1) is 17.9. The van der Waals surface area contributed by atoms with Crippen LogP contribution in [0.3, 0.4) is 0 Å². The van der Waals surface area contributed by atoms with Crippen LogP contribution in [-0.4, -0.2) is 36.7 Å². The van der Waals surface area contributed by atoms with Gasteiger partial charge in [-0.2, -0.15) is 0 Å². The van der Waals surface area contributed by atoms with Crippen LogP contribution in [0.25, 0.3) is 0 Å². The highest BCUT2D eigenvalue weighted by atomic mass is 16.5. The Labute approximate surface area is 115 Å². The molecule has 0 saturated carbocycles. The highest BCUT2D eigenvalue weighted by Crippen LogP contribution is 2.13. The lowest BCUT2D eigenvalue weighted by Gasteiger charge is -2.30. The Kier molecular flexibility index (Phi) is 10.8. The zero-order valence-corrected chi connectivity index (χ0v) is 13.5. The molecule has 0 heterocycles. The van der Waals surface area contributed by atoms with Gasteiger partial charge in [0, 0.05) is 25.2 Å². The molecule has 0 aliphatic rings. The number of rotatable bonds is 11. The third-order valence-electron chi connectivity index (χ3n) is 3.72. The molecule has 0 saturated heterocycles. The second-order valence-corrected chi connectivity index (χ2v) is 5.92. The topological polar surface area (TPSA) is 12.5 Å². The molecule has 1 unspecified atom stereocenters. The van der Waals surface area contributed by atoms with E-state index in [0.717, 1.165) is 25.7 Å². The lowest BCUT2D eigenvalue weighted by atomic mass is 10.0. The summed E-state index contributed by atoms with van der Waals surface area (Å²) in [4.78, 5) is 2.49. The van der Waals surface area contributed by atoms with Gasteiger partial charge in [0.1, 0.15) is 0 Å². The molecule has 0 aromatic rings. The summed E-state index contributed by atoms with van der Waals surface area (Å²) in [5.74, 6) is 0.761. The highest BCUT2D eigenvalue weighted by molar-refractivity contribution is 4.67. The van der Waals surface area contributed by atoms with E-state index in [-0.39, 0.29) is 0 Å². The molecule has 1 atom stereocenters. The molecule has 0 aromatic carbocycles. The summed E-state index contributed by atoms with van der Waals surface area (Å²) in [5, 5.41) is 0. The maximum Gasteiger partial charge on any atom is 0.0593 e. The lowest BCUT2D eigenvalue weighted by molar-refractivity contribution is 0.0564. The minimum atomic E-state index is 0.607. The molecule has 0 bridgehead atoms. The Bertz CT molecular complexity index is 172. The van der Waals surface area contributed by atoms with Gasteiger partial charge in [-0.25, -0.2) is 0 Å². The van der Waals surface area contributed by atoms with E-state index in [1.807, 2.05) is 0 Å². The van der Waals surface area contributed by atoms with E-state index < -0.39 is 0 Å². The van der Waals surface area contributed by atoms with E-state index in [1.165, 1.54) is 25.7 Å². The Morgan fingerprint density at radius 3 is 2.06 bits per heavy atom. The third-order valence-corrected chi connectivity index (χ3v) is 3.72. The molecule has 18 heavy (non-hydrogen) atoms. The molecule has 2 nitrogen and oxygen atoms in total. The van der Waals surface area contributed by atoms with Crippen LogP contribution >= 0.6 is 0 Å². The van der Waals surface area contributed by atoms with Crippen molar-refractivity contribution in [3.63, 3.8) is 0 Å². The maximum absolute atomic E-state index is 5.87. The Hall–Kier alpha value is -0.0800. The van der Waals surface area contributed by atoms with Gasteiger partial charge in [-0.05, 0) is 40.0 Å². The van der Waals surface area contributed by atoms with Gasteiger partial charge in [-0.15, -0.1) is 0 Å². The normalized spacial score (nSPS) is 13.8. The summed E-state index contributed by atoms with van der Waals surface area (Å²) in [6.45, 7) is 16.5. The quantitative estimate of drug-likeness (QED) is 0.511. The van der Waals surface area contributed by atoms with Gasteiger partial charge in [0.05, 0.1) is 6.61 Å². The van der Waals surface area contributed by atoms with Crippen LogP contribution in [0, 0.1) is 5.92 Å². The fourth-order valence-corrected chi connectivity index (χ4v) is 2.43. The molecule has 0 fully saturated rings. The van der Waals surface area contributed by atoms with Crippen LogP contribution in [0.1, 0.15) is 67.2 Å². The van der Waals surface area contributed by atoms with Gasteiger partial charge in [0.25, 0.3) is 0 Å². The van der Waals surface area contributed by atoms with E-state index in [4.69, 9.17) is 4.74 Å². The number of ether oxygens (including phenoxy) is 1. The van der Waals surface area contributed by atoms with Crippen LogP contribution in [0.2, 0.25) is 0 Å². The van der Waals surface area contributed by atoms with Gasteiger partial charge in [0.2, 0.25) is 0 Å². The number of unbranched alkanes of at least 4 members (excludes halogenated alkanes) is 1. The largest absolute Gasteiger partial charge is 0.380 e. The average molecular weight is 257 g/mol. The van der Waals surface area contributed by atoms with Crippen LogP contribution in [0.4, 0.5) is 0 Å². The summed E-state index contributed by atoms with van der Waals surface area (Å²) < 4.78 is 5.87. The van der Waals surface area contributed by atoms with Crippen molar-refractivity contribution in [2.45, 2.75) is 79.3 Å². The monoisotopic (exact) mass is 257 g/mol. The number of hydrogen-bond donors (Lipinski definition) is 0. The van der Waals surface area contributed by atoms with Crippen molar-refractivity contribution >= 4 is 0 Å². The van der Waals surface area contributed by atoms with Crippen LogP contribution in [-0.2, 0) is 4.74 Å². The summed E-state index contributed by atoms with van der Waals surface area (Å²) in [5.41, 5.74) is 0. The van der Waals surface area contributed by atoms with Crippen molar-refractivity contribution in [1.82, 2.24) is 4.90 Å². The van der Waals surface area contributed by atoms with Crippen LogP contribution in [0.15, 0.2) is 0 Å². The van der Waals surface area contributed by atoms with E-state index in [1.54, 1.807) is 0 Å². The van der Waals surface area contributed by atoms with Gasteiger partial charge in [0.15, 0.2) is 0 Å². The fourth-order valence-electron chi connectivity index (χ4n) is 2.43. The highest BCUT2D eigenvalue weighted by Gasteiger charge is 2.13. The first-order chi connectivity index (χ1) is 8.52. The molecule has 0 aliphatic heterocycles. The SMILES string of the molecule is CCCCC(CC)COCCN(C(C)C)C(C)C. The van der Waals surface area contributed by atoms with Crippen LogP contribution in [0.5, 0.6) is 0 Å². The molecular weight excluding hydrogens is 222 g/mol. The Morgan fingerprint density at radius 2 is 1.61 bits per heavy atom. The molecular formula is C16H35NO. The second kappa shape index (κ2) is 10.8. The smallest absolute Gasteiger partial charge is 0.0593 e. The summed E-state index contributed by atoms with van der Waals surface area (Å²) in [7, 11) is 0. The van der Waals surface area contributed by atoms with Gasteiger partial charge >= 0.3 is 0 Å². The van der Waals surface area contributed by atoms with Crippen LogP contribution < -0.4 is 0 Å². The molecule has 0 rings (SSSR count). The number of nitrogens with zero attached hydrogens (tertiary/aromatic N) is 1. The van der Waals surface area contributed by atoms with E-state index in [2.05, 4.69) is 46.4 Å². The molecule has 0 radical (unpaired) electrons. The van der Waals surface area contributed by atoms with Crippen molar-refractivity contribution < 1.29 is 4.74 Å². The maximum atomic E-state index is 5.87. The van der Waals surface area contributed by atoms with E-state index in [0.29, 0.717) is 12.1 Å². The standard InChI is InChI=1S/C16H35NO/c1-7-9-10-16(8-2)13-18-12-11-17(14(3)4)15(5)6/h14-16H,7-13H2,1-6H3. The molecule has 110 valence electrons. The average Bonchev–Trinajstić information content (AvgIpc) is 2.31. The van der Waals surface area contributed by atoms with Gasteiger partial charge in [-0.1, -0.05) is 33.1 Å². The molecule has 0 aromatic heterocycles. The first-order valence-corrected chi connectivity index (χ1v) is 7.86. The molecule has 0 aliphatic carbocycles. The second-order valence-electron chi connectivity index (χ2n) is 5.92. The van der Waals surface area contributed by atoms with Crippen molar-refractivity contribution in [1.29, 1.82) is 0 Å². The summed E-state index contributed by atoms with van der Waals surface area (Å²) in [6, 6.07) is 1.21. The van der Waals surface area contributed by atoms with Crippen molar-refractivity contribution in [3.05, 3.63) is 0 Å². The van der Waals surface area contributed by atoms with Crippen molar-refractivity contribution in [3.8, 4) is 0 Å². The predicted octanol–water partition coefficient (Wildman–Crippen LogP) is 4.34.